The van der Waals surface area contributed by atoms with Crippen molar-refractivity contribution < 1.29 is 13.9 Å². The SMILES string of the molecule is CCOc1c(/C(C)=C/C(=O)Nc2cccc(Cl)c2)cc2c(C)c(C)oc2c1C. The lowest BCUT2D eigenvalue weighted by Gasteiger charge is -2.14. The summed E-state index contributed by atoms with van der Waals surface area (Å²) < 4.78 is 11.8. The third-order valence-corrected chi connectivity index (χ3v) is 5.03. The highest BCUT2D eigenvalue weighted by Gasteiger charge is 2.18. The highest BCUT2D eigenvalue weighted by molar-refractivity contribution is 6.30. The number of halogens is 1. The van der Waals surface area contributed by atoms with Crippen LogP contribution in [0.1, 0.15) is 36.3 Å². The van der Waals surface area contributed by atoms with E-state index in [0.29, 0.717) is 17.3 Å². The molecule has 0 radical (unpaired) electrons. The zero-order valence-electron chi connectivity index (χ0n) is 16.8. The van der Waals surface area contributed by atoms with E-state index in [1.807, 2.05) is 40.7 Å². The number of nitrogens with one attached hydrogen (secondary N) is 1. The predicted octanol–water partition coefficient (Wildman–Crippen LogP) is 6.45. The molecule has 0 atom stereocenters. The number of hydrogen-bond donors (Lipinski definition) is 1. The molecule has 146 valence electrons. The Kier molecular flexibility index (Phi) is 5.80. The van der Waals surface area contributed by atoms with E-state index in [0.717, 1.165) is 44.7 Å². The van der Waals surface area contributed by atoms with Gasteiger partial charge in [0.1, 0.15) is 17.1 Å². The molecule has 0 aliphatic carbocycles. The number of carbonyl (C=O) groups is 1. The van der Waals surface area contributed by atoms with Crippen LogP contribution in [0.15, 0.2) is 40.8 Å². The van der Waals surface area contributed by atoms with Gasteiger partial charge in [-0.3, -0.25) is 4.79 Å². The molecule has 0 aliphatic heterocycles. The van der Waals surface area contributed by atoms with Crippen LogP contribution in [0.25, 0.3) is 16.5 Å². The first-order chi connectivity index (χ1) is 13.3. The smallest absolute Gasteiger partial charge is 0.248 e. The summed E-state index contributed by atoms with van der Waals surface area (Å²) >= 11 is 5.98. The molecule has 3 aromatic rings. The van der Waals surface area contributed by atoms with Gasteiger partial charge in [0.05, 0.1) is 6.61 Å². The van der Waals surface area contributed by atoms with E-state index in [1.54, 1.807) is 30.3 Å². The van der Waals surface area contributed by atoms with Gasteiger partial charge < -0.3 is 14.5 Å². The highest BCUT2D eigenvalue weighted by atomic mass is 35.5. The quantitative estimate of drug-likeness (QED) is 0.503. The molecular formula is C23H24ClNO3. The zero-order valence-corrected chi connectivity index (χ0v) is 17.5. The Morgan fingerprint density at radius 3 is 2.64 bits per heavy atom. The number of benzene rings is 2. The van der Waals surface area contributed by atoms with Gasteiger partial charge in [-0.05, 0) is 70.0 Å². The Morgan fingerprint density at radius 1 is 1.21 bits per heavy atom. The van der Waals surface area contributed by atoms with Gasteiger partial charge in [-0.15, -0.1) is 0 Å². The molecule has 5 heteroatoms. The summed E-state index contributed by atoms with van der Waals surface area (Å²) in [5.74, 6) is 1.41. The summed E-state index contributed by atoms with van der Waals surface area (Å²) in [6.45, 7) is 10.4. The Bertz CT molecular complexity index is 1080. The monoisotopic (exact) mass is 397 g/mol. The second-order valence-electron chi connectivity index (χ2n) is 6.80. The van der Waals surface area contributed by atoms with Crippen molar-refractivity contribution in [2.24, 2.45) is 0 Å². The van der Waals surface area contributed by atoms with E-state index in [4.69, 9.17) is 20.8 Å². The number of hydrogen-bond acceptors (Lipinski definition) is 3. The summed E-state index contributed by atoms with van der Waals surface area (Å²) in [6, 6.07) is 9.11. The first kappa shape index (κ1) is 20.0. The molecule has 28 heavy (non-hydrogen) atoms. The van der Waals surface area contributed by atoms with Crippen LogP contribution in [-0.4, -0.2) is 12.5 Å². The van der Waals surface area contributed by atoms with Gasteiger partial charge >= 0.3 is 0 Å². The average molecular weight is 398 g/mol. The Balaban J connectivity index is 2.02. The first-order valence-electron chi connectivity index (χ1n) is 9.23. The van der Waals surface area contributed by atoms with Gasteiger partial charge in [0.25, 0.3) is 0 Å². The largest absolute Gasteiger partial charge is 0.493 e. The molecule has 0 saturated heterocycles. The van der Waals surface area contributed by atoms with E-state index in [1.165, 1.54) is 0 Å². The van der Waals surface area contributed by atoms with Crippen molar-refractivity contribution in [3.8, 4) is 5.75 Å². The molecule has 0 bridgehead atoms. The number of carbonyl (C=O) groups excluding carboxylic acids is 1. The number of ether oxygens (including phenoxy) is 1. The number of anilines is 1. The van der Waals surface area contributed by atoms with Crippen molar-refractivity contribution in [2.45, 2.75) is 34.6 Å². The van der Waals surface area contributed by atoms with Gasteiger partial charge in [0, 0.05) is 33.3 Å². The molecule has 1 N–H and O–H groups in total. The van der Waals surface area contributed by atoms with Crippen LogP contribution in [0.5, 0.6) is 5.75 Å². The van der Waals surface area contributed by atoms with Gasteiger partial charge in [-0.1, -0.05) is 17.7 Å². The maximum Gasteiger partial charge on any atom is 0.248 e. The van der Waals surface area contributed by atoms with Gasteiger partial charge in [0.2, 0.25) is 5.91 Å². The molecule has 1 aromatic heterocycles. The number of fused-ring (bicyclic) bond motifs is 1. The minimum atomic E-state index is -0.222. The van der Waals surface area contributed by atoms with Crippen LogP contribution >= 0.6 is 11.6 Å². The van der Waals surface area contributed by atoms with Crippen LogP contribution < -0.4 is 10.1 Å². The summed E-state index contributed by atoms with van der Waals surface area (Å²) in [7, 11) is 0. The van der Waals surface area contributed by atoms with Crippen molar-refractivity contribution in [1.82, 2.24) is 0 Å². The molecular weight excluding hydrogens is 374 g/mol. The van der Waals surface area contributed by atoms with Gasteiger partial charge in [-0.25, -0.2) is 0 Å². The minimum absolute atomic E-state index is 0.222. The first-order valence-corrected chi connectivity index (χ1v) is 9.61. The summed E-state index contributed by atoms with van der Waals surface area (Å²) in [5.41, 5.74) is 5.22. The van der Waals surface area contributed by atoms with Crippen LogP contribution in [0.3, 0.4) is 0 Å². The molecule has 0 fully saturated rings. The van der Waals surface area contributed by atoms with Gasteiger partial charge in [-0.2, -0.15) is 0 Å². The lowest BCUT2D eigenvalue weighted by atomic mass is 9.98. The number of furan rings is 1. The topological polar surface area (TPSA) is 51.5 Å². The van der Waals surface area contributed by atoms with Gasteiger partial charge in [0.15, 0.2) is 0 Å². The fraction of sp³-hybridized carbons (Fsp3) is 0.261. The van der Waals surface area contributed by atoms with E-state index in [-0.39, 0.29) is 5.91 Å². The molecule has 0 saturated carbocycles. The van der Waals surface area contributed by atoms with Crippen LogP contribution in [0, 0.1) is 20.8 Å². The third kappa shape index (κ3) is 3.92. The van der Waals surface area contributed by atoms with Crippen molar-refractivity contribution in [3.05, 3.63) is 63.9 Å². The maximum atomic E-state index is 12.5. The van der Waals surface area contributed by atoms with Crippen molar-refractivity contribution >= 4 is 39.7 Å². The number of allylic oxidation sites excluding steroid dienone is 1. The Labute approximate surface area is 170 Å². The van der Waals surface area contributed by atoms with Crippen molar-refractivity contribution in [1.29, 1.82) is 0 Å². The number of amides is 1. The molecule has 0 unspecified atom stereocenters. The Morgan fingerprint density at radius 2 is 1.96 bits per heavy atom. The Hall–Kier alpha value is -2.72. The van der Waals surface area contributed by atoms with E-state index < -0.39 is 0 Å². The molecule has 4 nitrogen and oxygen atoms in total. The maximum absolute atomic E-state index is 12.5. The van der Waals surface area contributed by atoms with E-state index in [2.05, 4.69) is 5.32 Å². The lowest BCUT2D eigenvalue weighted by Crippen LogP contribution is -2.09. The molecule has 1 heterocycles. The molecule has 1 amide bonds. The predicted molar refractivity (Wildman–Crippen MR) is 115 cm³/mol. The normalized spacial score (nSPS) is 11.7. The molecule has 0 aliphatic rings. The number of aryl methyl sites for hydroxylation is 3. The molecule has 3 rings (SSSR count). The van der Waals surface area contributed by atoms with Crippen molar-refractivity contribution in [2.75, 3.05) is 11.9 Å². The van der Waals surface area contributed by atoms with Crippen molar-refractivity contribution in [3.63, 3.8) is 0 Å². The highest BCUT2D eigenvalue weighted by Crippen LogP contribution is 2.38. The summed E-state index contributed by atoms with van der Waals surface area (Å²) in [6.07, 6.45) is 1.58. The van der Waals surface area contributed by atoms with E-state index >= 15 is 0 Å². The summed E-state index contributed by atoms with van der Waals surface area (Å²) in [4.78, 5) is 12.5. The second-order valence-corrected chi connectivity index (χ2v) is 7.23. The van der Waals surface area contributed by atoms with E-state index in [9.17, 15) is 4.79 Å². The van der Waals surface area contributed by atoms with Crippen LogP contribution in [0.4, 0.5) is 5.69 Å². The van der Waals surface area contributed by atoms with Crippen LogP contribution in [0.2, 0.25) is 5.02 Å². The standard InChI is InChI=1S/C23H24ClNO3/c1-6-27-22-15(4)23-20(14(3)16(5)28-23)12-19(22)13(2)10-21(26)25-18-9-7-8-17(24)11-18/h7-12H,6H2,1-5H3,(H,25,26)/b13-10+. The fourth-order valence-electron chi connectivity index (χ4n) is 3.25. The third-order valence-electron chi connectivity index (χ3n) is 4.80. The molecule has 2 aromatic carbocycles. The lowest BCUT2D eigenvalue weighted by molar-refractivity contribution is -0.111. The summed E-state index contributed by atoms with van der Waals surface area (Å²) in [5, 5.41) is 4.45. The molecule has 0 spiro atoms. The van der Waals surface area contributed by atoms with Crippen LogP contribution in [-0.2, 0) is 4.79 Å². The second kappa shape index (κ2) is 8.11. The fourth-order valence-corrected chi connectivity index (χ4v) is 3.44. The zero-order chi connectivity index (χ0) is 20.4. The number of rotatable bonds is 5. The minimum Gasteiger partial charge on any atom is -0.493 e. The average Bonchev–Trinajstić information content (AvgIpc) is 2.92.